The number of ether oxygens (including phenoxy) is 2. The van der Waals surface area contributed by atoms with Gasteiger partial charge < -0.3 is 20.1 Å². The lowest BCUT2D eigenvalue weighted by Gasteiger charge is -2.26. The summed E-state index contributed by atoms with van der Waals surface area (Å²) < 4.78 is 41.0. The first-order valence-corrected chi connectivity index (χ1v) is 10.3. The van der Waals surface area contributed by atoms with Crippen LogP contribution < -0.4 is 15.4 Å². The van der Waals surface area contributed by atoms with Crippen LogP contribution in [0.3, 0.4) is 0 Å². The molecule has 1 aromatic rings. The molecule has 1 fully saturated rings. The third kappa shape index (κ3) is 5.91. The van der Waals surface area contributed by atoms with E-state index in [1.807, 2.05) is 12.1 Å². The molecule has 0 spiro atoms. The zero-order valence-corrected chi connectivity index (χ0v) is 16.2. The van der Waals surface area contributed by atoms with E-state index in [0.717, 1.165) is 38.6 Å². The third-order valence-corrected chi connectivity index (χ3v) is 4.99. The van der Waals surface area contributed by atoms with Crippen LogP contribution in [0.15, 0.2) is 33.1 Å². The minimum atomic E-state index is -3.75. The monoisotopic (exact) mass is 395 g/mol. The summed E-state index contributed by atoms with van der Waals surface area (Å²) in [5, 5.41) is 5.68. The van der Waals surface area contributed by atoms with Crippen LogP contribution in [0.4, 0.5) is 0 Å². The van der Waals surface area contributed by atoms with Gasteiger partial charge in [-0.15, -0.1) is 8.80 Å². The van der Waals surface area contributed by atoms with E-state index in [2.05, 4.69) is 36.5 Å². The third-order valence-electron chi connectivity index (χ3n) is 4.17. The zero-order chi connectivity index (χ0) is 19.1. The standard InChI is InChI=1S/C17H25N5O4S/c1-18-16-17(21-27(23,24)20-16)19-6-3-9-26-15-5-2-4-14(12-15)13-22-7-10-25-11-8-22/h2,4-5,12H,3,6-11,13H2,1H3,(H,18,20)(H,19,21). The quantitative estimate of drug-likeness (QED) is 0.633. The molecule has 0 unspecified atom stereocenters. The van der Waals surface area contributed by atoms with Crippen LogP contribution in [0.2, 0.25) is 0 Å². The normalized spacial score (nSPS) is 19.3. The fraction of sp³-hybridized carbons (Fsp3) is 0.529. The molecule has 10 heteroatoms. The van der Waals surface area contributed by atoms with E-state index in [-0.39, 0.29) is 11.7 Å². The number of nitrogens with one attached hydrogen (secondary N) is 2. The lowest BCUT2D eigenvalue weighted by Crippen LogP contribution is -2.37. The topological polar surface area (TPSA) is 105 Å². The molecule has 3 rings (SSSR count). The van der Waals surface area contributed by atoms with Gasteiger partial charge in [0.15, 0.2) is 11.7 Å². The van der Waals surface area contributed by atoms with Crippen molar-refractivity contribution in [1.82, 2.24) is 15.5 Å². The molecule has 2 aliphatic heterocycles. The Morgan fingerprint density at radius 2 is 2.00 bits per heavy atom. The van der Waals surface area contributed by atoms with E-state index in [4.69, 9.17) is 9.47 Å². The van der Waals surface area contributed by atoms with Crippen molar-refractivity contribution >= 4 is 21.9 Å². The smallest absolute Gasteiger partial charge is 0.367 e. The molecule has 27 heavy (non-hydrogen) atoms. The summed E-state index contributed by atoms with van der Waals surface area (Å²) in [5.41, 5.74) is 1.22. The van der Waals surface area contributed by atoms with Crippen LogP contribution in [0.1, 0.15) is 12.0 Å². The van der Waals surface area contributed by atoms with Crippen molar-refractivity contribution in [2.75, 3.05) is 46.5 Å². The summed E-state index contributed by atoms with van der Waals surface area (Å²) in [7, 11) is -2.15. The Labute approximate surface area is 159 Å². The number of morpholine rings is 1. The summed E-state index contributed by atoms with van der Waals surface area (Å²) >= 11 is 0. The van der Waals surface area contributed by atoms with Gasteiger partial charge >= 0.3 is 10.2 Å². The predicted octanol–water partition coefficient (Wildman–Crippen LogP) is 0.152. The number of amidine groups is 2. The van der Waals surface area contributed by atoms with Crippen LogP contribution >= 0.6 is 0 Å². The minimum Gasteiger partial charge on any atom is -0.494 e. The fourth-order valence-corrected chi connectivity index (χ4v) is 3.67. The van der Waals surface area contributed by atoms with Crippen molar-refractivity contribution in [1.29, 1.82) is 0 Å². The molecule has 148 valence electrons. The lowest BCUT2D eigenvalue weighted by atomic mass is 10.2. The second-order valence-electron chi connectivity index (χ2n) is 6.24. The average Bonchev–Trinajstić information content (AvgIpc) is 2.96. The Balaban J connectivity index is 1.40. The van der Waals surface area contributed by atoms with Crippen LogP contribution in [-0.4, -0.2) is 71.5 Å². The van der Waals surface area contributed by atoms with Crippen LogP contribution in [0.5, 0.6) is 5.75 Å². The number of hydrogen-bond donors (Lipinski definition) is 2. The maximum Gasteiger partial charge on any atom is 0.367 e. The molecule has 9 nitrogen and oxygen atoms in total. The number of rotatable bonds is 7. The van der Waals surface area contributed by atoms with Crippen molar-refractivity contribution in [3.8, 4) is 5.75 Å². The second kappa shape index (κ2) is 9.16. The molecule has 0 amide bonds. The average molecular weight is 395 g/mol. The number of hydrogen-bond acceptors (Lipinski definition) is 7. The van der Waals surface area contributed by atoms with Crippen LogP contribution in [0, 0.1) is 0 Å². The fourth-order valence-electron chi connectivity index (χ4n) is 2.84. The molecule has 2 aliphatic rings. The highest BCUT2D eigenvalue weighted by Gasteiger charge is 2.22. The highest BCUT2D eigenvalue weighted by molar-refractivity contribution is 7.89. The van der Waals surface area contributed by atoms with Gasteiger partial charge in [-0.1, -0.05) is 12.1 Å². The molecule has 0 bridgehead atoms. The van der Waals surface area contributed by atoms with Gasteiger partial charge in [0.2, 0.25) is 0 Å². The van der Waals surface area contributed by atoms with Gasteiger partial charge in [-0.05, 0) is 24.1 Å². The first-order chi connectivity index (χ1) is 13.1. The molecule has 1 saturated heterocycles. The molecule has 0 atom stereocenters. The van der Waals surface area contributed by atoms with Crippen molar-refractivity contribution in [2.24, 2.45) is 8.80 Å². The van der Waals surface area contributed by atoms with Gasteiger partial charge in [0, 0.05) is 33.2 Å². The molecular weight excluding hydrogens is 370 g/mol. The molecule has 0 radical (unpaired) electrons. The van der Waals surface area contributed by atoms with E-state index >= 15 is 0 Å². The Hall–Kier alpha value is -2.17. The number of benzene rings is 1. The molecule has 0 aromatic heterocycles. The Morgan fingerprint density at radius 1 is 1.22 bits per heavy atom. The predicted molar refractivity (Wildman–Crippen MR) is 104 cm³/mol. The van der Waals surface area contributed by atoms with Gasteiger partial charge in [0.1, 0.15) is 5.75 Å². The lowest BCUT2D eigenvalue weighted by molar-refractivity contribution is 0.0341. The van der Waals surface area contributed by atoms with Crippen molar-refractivity contribution in [2.45, 2.75) is 13.0 Å². The molecule has 0 saturated carbocycles. The van der Waals surface area contributed by atoms with Crippen molar-refractivity contribution in [3.63, 3.8) is 0 Å². The zero-order valence-electron chi connectivity index (χ0n) is 15.3. The van der Waals surface area contributed by atoms with Gasteiger partial charge in [-0.2, -0.15) is 8.42 Å². The van der Waals surface area contributed by atoms with E-state index in [0.29, 0.717) is 19.6 Å². The molecule has 0 aliphatic carbocycles. The maximum atomic E-state index is 11.4. The van der Waals surface area contributed by atoms with E-state index < -0.39 is 10.2 Å². The van der Waals surface area contributed by atoms with Gasteiger partial charge in [-0.3, -0.25) is 4.90 Å². The largest absolute Gasteiger partial charge is 0.494 e. The summed E-state index contributed by atoms with van der Waals surface area (Å²) in [5.74, 6) is 1.30. The van der Waals surface area contributed by atoms with E-state index in [1.165, 1.54) is 5.56 Å². The summed E-state index contributed by atoms with van der Waals surface area (Å²) in [6, 6.07) is 8.09. The second-order valence-corrected chi connectivity index (χ2v) is 7.50. The highest BCUT2D eigenvalue weighted by atomic mass is 32.2. The summed E-state index contributed by atoms with van der Waals surface area (Å²) in [6.07, 6.45) is 0.698. The van der Waals surface area contributed by atoms with Gasteiger partial charge in [0.25, 0.3) is 0 Å². The van der Waals surface area contributed by atoms with Crippen molar-refractivity contribution < 1.29 is 17.9 Å². The summed E-state index contributed by atoms with van der Waals surface area (Å²) in [6.45, 7) is 5.42. The molecule has 1 aromatic carbocycles. The van der Waals surface area contributed by atoms with Gasteiger partial charge in [0.05, 0.1) is 19.8 Å². The first kappa shape index (κ1) is 19.6. The van der Waals surface area contributed by atoms with Crippen LogP contribution in [0.25, 0.3) is 0 Å². The Bertz CT molecular complexity index is 803. The van der Waals surface area contributed by atoms with Gasteiger partial charge in [-0.25, -0.2) is 0 Å². The van der Waals surface area contributed by atoms with Crippen molar-refractivity contribution in [3.05, 3.63) is 29.8 Å². The Morgan fingerprint density at radius 3 is 2.78 bits per heavy atom. The molecular formula is C17H25N5O4S. The Kier molecular flexibility index (Phi) is 6.64. The first-order valence-electron chi connectivity index (χ1n) is 8.94. The number of nitrogens with zero attached hydrogens (tertiary/aromatic N) is 3. The summed E-state index contributed by atoms with van der Waals surface area (Å²) in [4.78, 5) is 2.36. The maximum absolute atomic E-state index is 11.4. The number of likely N-dealkylation sites (N-methyl/N-ethyl adjacent to an activating group) is 1. The molecule has 2 heterocycles. The molecule has 2 N–H and O–H groups in total. The van der Waals surface area contributed by atoms with Crippen LogP contribution in [-0.2, 0) is 21.5 Å². The van der Waals surface area contributed by atoms with E-state index in [1.54, 1.807) is 7.05 Å². The van der Waals surface area contributed by atoms with E-state index in [9.17, 15) is 8.42 Å². The minimum absolute atomic E-state index is 0.228. The SMILES string of the molecule is CNC1=NS(=O)(=O)N=C1NCCCOc1cccc(CN2CCOCC2)c1. The highest BCUT2D eigenvalue weighted by Crippen LogP contribution is 2.16.